The monoisotopic (exact) mass is 470 g/mol. The largest absolute Gasteiger partial charge is 0.457 e. The summed E-state index contributed by atoms with van der Waals surface area (Å²) in [5.41, 5.74) is 8.18. The van der Waals surface area contributed by atoms with Gasteiger partial charge < -0.3 is 4.74 Å². The highest BCUT2D eigenvalue weighted by Crippen LogP contribution is 2.36. The van der Waals surface area contributed by atoms with Crippen molar-refractivity contribution in [2.24, 2.45) is 0 Å². The lowest BCUT2D eigenvalue weighted by Gasteiger charge is -2.09. The molecule has 0 N–H and O–H groups in total. The van der Waals surface area contributed by atoms with E-state index >= 15 is 0 Å². The van der Waals surface area contributed by atoms with E-state index in [9.17, 15) is 9.59 Å². The number of hydrogen-bond donors (Lipinski definition) is 0. The summed E-state index contributed by atoms with van der Waals surface area (Å²) in [6, 6.07) is 19.9. The molecule has 1 aliphatic rings. The Labute approximate surface area is 201 Å². The first-order valence-corrected chi connectivity index (χ1v) is 11.9. The molecule has 0 saturated carbocycles. The van der Waals surface area contributed by atoms with Gasteiger partial charge >= 0.3 is 5.97 Å². The highest BCUT2D eigenvalue weighted by atomic mass is 32.2. The fraction of sp³-hybridized carbons (Fsp3) is 0.192. The number of Topliss-reactive ketones (excluding diaryl/α,β-unsaturated/α-hetero) is 1. The molecule has 0 unspecified atom stereocenters. The molecule has 0 fully saturated rings. The Morgan fingerprint density at radius 1 is 1.00 bits per heavy atom. The summed E-state index contributed by atoms with van der Waals surface area (Å²) in [4.78, 5) is 25.0. The molecule has 34 heavy (non-hydrogen) atoms. The molecule has 0 amide bonds. The van der Waals surface area contributed by atoms with E-state index in [1.54, 1.807) is 10.7 Å². The topological polar surface area (TPSA) is 87.0 Å². The van der Waals surface area contributed by atoms with Crippen molar-refractivity contribution >= 4 is 23.5 Å². The van der Waals surface area contributed by atoms with Gasteiger partial charge in [0.05, 0.1) is 11.4 Å². The van der Waals surface area contributed by atoms with Crippen LogP contribution in [0.4, 0.5) is 0 Å². The summed E-state index contributed by atoms with van der Waals surface area (Å²) in [6.07, 6.45) is 0.869. The zero-order valence-electron chi connectivity index (χ0n) is 18.8. The van der Waals surface area contributed by atoms with Crippen molar-refractivity contribution in [3.05, 3.63) is 88.5 Å². The fourth-order valence-electron chi connectivity index (χ4n) is 4.06. The van der Waals surface area contributed by atoms with Crippen molar-refractivity contribution in [1.29, 1.82) is 0 Å². The lowest BCUT2D eigenvalue weighted by molar-refractivity contribution is -0.139. The average Bonchev–Trinajstić information content (AvgIpc) is 3.46. The van der Waals surface area contributed by atoms with Crippen LogP contribution in [0.5, 0.6) is 0 Å². The number of hydrogen-bond acceptors (Lipinski definition) is 7. The number of benzene rings is 3. The minimum absolute atomic E-state index is 0.00389. The van der Waals surface area contributed by atoms with Gasteiger partial charge in [0.1, 0.15) is 0 Å². The maximum Gasteiger partial charge on any atom is 0.316 e. The van der Waals surface area contributed by atoms with Gasteiger partial charge in [-0.3, -0.25) is 9.59 Å². The summed E-state index contributed by atoms with van der Waals surface area (Å²) in [6.45, 7) is 3.67. The molecule has 0 aliphatic heterocycles. The third-order valence-electron chi connectivity index (χ3n) is 5.84. The Bertz CT molecular complexity index is 1410. The Hall–Kier alpha value is -3.78. The van der Waals surface area contributed by atoms with Crippen LogP contribution in [0.2, 0.25) is 0 Å². The molecule has 3 aromatic carbocycles. The zero-order valence-corrected chi connectivity index (χ0v) is 19.6. The number of fused-ring (bicyclic) bond motifs is 3. The van der Waals surface area contributed by atoms with E-state index in [1.165, 1.54) is 22.9 Å². The molecule has 7 nitrogen and oxygen atoms in total. The van der Waals surface area contributed by atoms with E-state index in [0.29, 0.717) is 10.7 Å². The fourth-order valence-corrected chi connectivity index (χ4v) is 4.74. The first-order valence-electron chi connectivity index (χ1n) is 10.9. The summed E-state index contributed by atoms with van der Waals surface area (Å²) in [5.74, 6) is -0.734. The van der Waals surface area contributed by atoms with Crippen LogP contribution in [-0.2, 0) is 16.0 Å². The van der Waals surface area contributed by atoms with Crippen LogP contribution in [-0.4, -0.2) is 44.3 Å². The molecule has 8 heteroatoms. The molecule has 5 rings (SSSR count). The third-order valence-corrected chi connectivity index (χ3v) is 6.73. The van der Waals surface area contributed by atoms with Crippen LogP contribution in [0.15, 0.2) is 65.8 Å². The Morgan fingerprint density at radius 2 is 1.82 bits per heavy atom. The number of nitrogens with zero attached hydrogens (tertiary/aromatic N) is 4. The van der Waals surface area contributed by atoms with Gasteiger partial charge in [0.15, 0.2) is 12.4 Å². The van der Waals surface area contributed by atoms with Gasteiger partial charge in [-0.1, -0.05) is 60.3 Å². The number of carbonyl (C=O) groups is 2. The summed E-state index contributed by atoms with van der Waals surface area (Å²) >= 11 is 1.17. The SMILES string of the molecule is Cc1ccc(C)c(-n2nnnc2SCC(=O)OCC(=O)c2ccc3c(c2)-c2ccccc2C3)c1. The maximum absolute atomic E-state index is 12.7. The van der Waals surface area contributed by atoms with E-state index in [2.05, 4.69) is 27.7 Å². The van der Waals surface area contributed by atoms with Crippen LogP contribution < -0.4 is 0 Å². The van der Waals surface area contributed by atoms with Crippen molar-refractivity contribution in [2.75, 3.05) is 12.4 Å². The molecule has 0 spiro atoms. The predicted octanol–water partition coefficient (Wildman–Crippen LogP) is 4.37. The van der Waals surface area contributed by atoms with Crippen LogP contribution in [0, 0.1) is 13.8 Å². The van der Waals surface area contributed by atoms with Gasteiger partial charge in [-0.05, 0) is 76.2 Å². The molecule has 1 aromatic heterocycles. The molecule has 0 atom stereocenters. The average molecular weight is 471 g/mol. The van der Waals surface area contributed by atoms with Crippen LogP contribution in [0.1, 0.15) is 32.6 Å². The smallest absolute Gasteiger partial charge is 0.316 e. The van der Waals surface area contributed by atoms with E-state index in [-0.39, 0.29) is 18.1 Å². The number of carbonyl (C=O) groups excluding carboxylic acids is 2. The molecule has 1 aliphatic carbocycles. The number of ketones is 1. The minimum atomic E-state index is -0.500. The minimum Gasteiger partial charge on any atom is -0.457 e. The van der Waals surface area contributed by atoms with Gasteiger partial charge in [-0.15, -0.1) is 5.10 Å². The second-order valence-corrected chi connectivity index (χ2v) is 9.18. The number of esters is 1. The van der Waals surface area contributed by atoms with E-state index in [4.69, 9.17) is 4.74 Å². The van der Waals surface area contributed by atoms with Crippen molar-refractivity contribution in [2.45, 2.75) is 25.4 Å². The third kappa shape index (κ3) is 4.36. The summed E-state index contributed by atoms with van der Waals surface area (Å²) in [5, 5.41) is 12.3. The molecular formula is C26H22N4O3S. The number of ether oxygens (including phenoxy) is 1. The van der Waals surface area contributed by atoms with Crippen LogP contribution in [0.3, 0.4) is 0 Å². The first-order chi connectivity index (χ1) is 16.5. The first kappa shape index (κ1) is 22.0. The van der Waals surface area contributed by atoms with Crippen LogP contribution in [0.25, 0.3) is 16.8 Å². The van der Waals surface area contributed by atoms with Gasteiger partial charge in [-0.2, -0.15) is 4.68 Å². The van der Waals surface area contributed by atoms with Gasteiger partial charge in [0.2, 0.25) is 5.16 Å². The maximum atomic E-state index is 12.7. The van der Waals surface area contributed by atoms with Crippen LogP contribution >= 0.6 is 11.8 Å². The van der Waals surface area contributed by atoms with Gasteiger partial charge in [0, 0.05) is 5.56 Å². The molecule has 0 bridgehead atoms. The van der Waals surface area contributed by atoms with Gasteiger partial charge in [0.25, 0.3) is 0 Å². The highest BCUT2D eigenvalue weighted by molar-refractivity contribution is 7.99. The molecule has 170 valence electrons. The second-order valence-electron chi connectivity index (χ2n) is 8.24. The summed E-state index contributed by atoms with van der Waals surface area (Å²) in [7, 11) is 0. The number of aryl methyl sites for hydroxylation is 2. The van der Waals surface area contributed by atoms with Crippen molar-refractivity contribution < 1.29 is 14.3 Å². The quantitative estimate of drug-likeness (QED) is 0.198. The second kappa shape index (κ2) is 9.23. The molecule has 1 heterocycles. The van der Waals surface area contributed by atoms with E-state index in [1.807, 2.05) is 56.3 Å². The lowest BCUT2D eigenvalue weighted by Crippen LogP contribution is -2.16. The van der Waals surface area contributed by atoms with Crippen molar-refractivity contribution in [1.82, 2.24) is 20.2 Å². The zero-order chi connectivity index (χ0) is 23.7. The number of tetrazole rings is 1. The molecule has 4 aromatic rings. The predicted molar refractivity (Wildman–Crippen MR) is 129 cm³/mol. The number of rotatable bonds is 7. The summed E-state index contributed by atoms with van der Waals surface area (Å²) < 4.78 is 6.85. The standard InChI is InChI=1S/C26H22N4O3S/c1-16-7-8-17(2)23(11-16)30-26(27-28-29-30)34-15-25(32)33-14-24(31)20-10-9-19-12-18-5-3-4-6-21(18)22(19)13-20/h3-11,13H,12,14-15H2,1-2H3. The van der Waals surface area contributed by atoms with E-state index < -0.39 is 5.97 Å². The molecule has 0 radical (unpaired) electrons. The highest BCUT2D eigenvalue weighted by Gasteiger charge is 2.20. The number of aromatic nitrogens is 4. The Morgan fingerprint density at radius 3 is 2.71 bits per heavy atom. The molecule has 0 saturated heterocycles. The number of thioether (sulfide) groups is 1. The van der Waals surface area contributed by atoms with Crippen molar-refractivity contribution in [3.8, 4) is 16.8 Å². The van der Waals surface area contributed by atoms with Crippen molar-refractivity contribution in [3.63, 3.8) is 0 Å². The van der Waals surface area contributed by atoms with E-state index in [0.717, 1.165) is 34.4 Å². The Balaban J connectivity index is 1.20. The normalized spacial score (nSPS) is 11.7. The Kier molecular flexibility index (Phi) is 5.98. The molecular weight excluding hydrogens is 448 g/mol. The lowest BCUT2D eigenvalue weighted by atomic mass is 10.0. The van der Waals surface area contributed by atoms with Gasteiger partial charge in [-0.25, -0.2) is 0 Å².